The summed E-state index contributed by atoms with van der Waals surface area (Å²) in [5, 5.41) is 18.8. The Bertz CT molecular complexity index is 585. The summed E-state index contributed by atoms with van der Waals surface area (Å²) in [5.41, 5.74) is 3.14. The molecule has 0 radical (unpaired) electrons. The predicted octanol–water partition coefficient (Wildman–Crippen LogP) is 3.79. The lowest BCUT2D eigenvalue weighted by molar-refractivity contribution is 0.0189. The molecule has 0 aliphatic heterocycles. The highest BCUT2D eigenvalue weighted by molar-refractivity contribution is 5.40. The first-order valence-corrected chi connectivity index (χ1v) is 7.61. The molecule has 1 atom stereocenters. The molecule has 0 saturated carbocycles. The van der Waals surface area contributed by atoms with E-state index in [0.29, 0.717) is 6.61 Å². The molecule has 3 heteroatoms. The van der Waals surface area contributed by atoms with E-state index in [1.54, 1.807) is 12.1 Å². The van der Waals surface area contributed by atoms with E-state index in [2.05, 4.69) is 26.0 Å². The molecule has 22 heavy (non-hydrogen) atoms. The minimum absolute atomic E-state index is 0.0193. The first-order valence-electron chi connectivity index (χ1n) is 7.61. The van der Waals surface area contributed by atoms with Crippen LogP contribution in [-0.2, 0) is 10.2 Å². The van der Waals surface area contributed by atoms with Gasteiger partial charge in [-0.2, -0.15) is 0 Å². The van der Waals surface area contributed by atoms with Crippen LogP contribution < -0.4 is 0 Å². The average molecular weight is 300 g/mol. The minimum atomic E-state index is -0.268. The van der Waals surface area contributed by atoms with Crippen molar-refractivity contribution in [1.29, 1.82) is 0 Å². The second-order valence-corrected chi connectivity index (χ2v) is 5.92. The summed E-state index contributed by atoms with van der Waals surface area (Å²) in [7, 11) is 0. The van der Waals surface area contributed by atoms with Crippen LogP contribution in [0.5, 0.6) is 5.75 Å². The van der Waals surface area contributed by atoms with Crippen LogP contribution in [0, 0.1) is 0 Å². The number of aliphatic hydroxyl groups excluding tert-OH is 1. The summed E-state index contributed by atoms with van der Waals surface area (Å²) < 4.78 is 5.52. The Kier molecular flexibility index (Phi) is 5.22. The van der Waals surface area contributed by atoms with Gasteiger partial charge in [0, 0.05) is 12.0 Å². The van der Waals surface area contributed by atoms with Gasteiger partial charge in [-0.05, 0) is 35.7 Å². The third kappa shape index (κ3) is 3.49. The second kappa shape index (κ2) is 6.95. The van der Waals surface area contributed by atoms with E-state index in [-0.39, 0.29) is 23.9 Å². The van der Waals surface area contributed by atoms with Gasteiger partial charge in [0.05, 0.1) is 6.61 Å². The standard InChI is InChI=1S/C19H24O3/c1-4-22-18(13-20)14-5-7-15(8-6-14)19(2,3)16-9-11-17(21)12-10-16/h5-12,18,20-21H,4,13H2,1-3H3. The van der Waals surface area contributed by atoms with E-state index in [9.17, 15) is 10.2 Å². The molecule has 0 aliphatic carbocycles. The number of ether oxygens (including phenoxy) is 1. The molecule has 2 aromatic rings. The quantitative estimate of drug-likeness (QED) is 0.853. The first kappa shape index (κ1) is 16.5. The van der Waals surface area contributed by atoms with Gasteiger partial charge in [0.2, 0.25) is 0 Å². The van der Waals surface area contributed by atoms with Crippen LogP contribution in [0.4, 0.5) is 0 Å². The maximum absolute atomic E-state index is 9.43. The summed E-state index contributed by atoms with van der Waals surface area (Å²) in [6.07, 6.45) is -0.268. The maximum atomic E-state index is 9.43. The summed E-state index contributed by atoms with van der Waals surface area (Å²) in [6, 6.07) is 15.5. The summed E-state index contributed by atoms with van der Waals surface area (Å²) >= 11 is 0. The Balaban J connectivity index is 2.26. The fourth-order valence-electron chi connectivity index (χ4n) is 2.61. The van der Waals surface area contributed by atoms with Gasteiger partial charge in [-0.1, -0.05) is 50.2 Å². The van der Waals surface area contributed by atoms with Crippen molar-refractivity contribution in [2.75, 3.05) is 13.2 Å². The highest BCUT2D eigenvalue weighted by Gasteiger charge is 2.23. The van der Waals surface area contributed by atoms with Crippen LogP contribution in [0.3, 0.4) is 0 Å². The smallest absolute Gasteiger partial charge is 0.115 e. The Labute approximate surface area is 132 Å². The molecule has 3 nitrogen and oxygen atoms in total. The summed E-state index contributed by atoms with van der Waals surface area (Å²) in [6.45, 7) is 6.78. The number of phenols is 1. The topological polar surface area (TPSA) is 49.7 Å². The molecule has 2 N–H and O–H groups in total. The van der Waals surface area contributed by atoms with Crippen LogP contribution in [0.15, 0.2) is 48.5 Å². The van der Waals surface area contributed by atoms with Crippen LogP contribution in [-0.4, -0.2) is 23.4 Å². The predicted molar refractivity (Wildman–Crippen MR) is 88.1 cm³/mol. The number of hydrogen-bond acceptors (Lipinski definition) is 3. The Hall–Kier alpha value is -1.84. The van der Waals surface area contributed by atoms with Gasteiger partial charge in [0.25, 0.3) is 0 Å². The zero-order valence-corrected chi connectivity index (χ0v) is 13.4. The number of benzene rings is 2. The third-order valence-electron chi connectivity index (χ3n) is 4.13. The van der Waals surface area contributed by atoms with E-state index in [1.165, 1.54) is 5.56 Å². The Morgan fingerprint density at radius 2 is 1.45 bits per heavy atom. The van der Waals surface area contributed by atoms with Crippen molar-refractivity contribution in [3.63, 3.8) is 0 Å². The molecule has 0 fully saturated rings. The zero-order valence-electron chi connectivity index (χ0n) is 13.4. The lowest BCUT2D eigenvalue weighted by Crippen LogP contribution is -2.19. The van der Waals surface area contributed by atoms with Crippen LogP contribution >= 0.6 is 0 Å². The van der Waals surface area contributed by atoms with E-state index in [4.69, 9.17) is 4.74 Å². The SMILES string of the molecule is CCOC(CO)c1ccc(C(C)(C)c2ccc(O)cc2)cc1. The fourth-order valence-corrected chi connectivity index (χ4v) is 2.61. The van der Waals surface area contributed by atoms with Crippen molar-refractivity contribution >= 4 is 0 Å². The zero-order chi connectivity index (χ0) is 16.2. The van der Waals surface area contributed by atoms with Crippen molar-refractivity contribution in [1.82, 2.24) is 0 Å². The van der Waals surface area contributed by atoms with Gasteiger partial charge in [-0.15, -0.1) is 0 Å². The minimum Gasteiger partial charge on any atom is -0.508 e. The van der Waals surface area contributed by atoms with E-state index < -0.39 is 0 Å². The van der Waals surface area contributed by atoms with Gasteiger partial charge < -0.3 is 14.9 Å². The fraction of sp³-hybridized carbons (Fsp3) is 0.368. The molecule has 0 heterocycles. The second-order valence-electron chi connectivity index (χ2n) is 5.92. The molecule has 0 saturated heterocycles. The number of rotatable bonds is 6. The lowest BCUT2D eigenvalue weighted by Gasteiger charge is -2.27. The van der Waals surface area contributed by atoms with Gasteiger partial charge in [0.15, 0.2) is 0 Å². The van der Waals surface area contributed by atoms with Crippen LogP contribution in [0.1, 0.15) is 43.6 Å². The molecule has 2 rings (SSSR count). The van der Waals surface area contributed by atoms with E-state index >= 15 is 0 Å². The number of hydrogen-bond donors (Lipinski definition) is 2. The van der Waals surface area contributed by atoms with Crippen LogP contribution in [0.2, 0.25) is 0 Å². The van der Waals surface area contributed by atoms with Crippen molar-refractivity contribution in [2.45, 2.75) is 32.3 Å². The number of aliphatic hydroxyl groups is 1. The summed E-state index contributed by atoms with van der Waals surface area (Å²) in [5.74, 6) is 0.275. The van der Waals surface area contributed by atoms with Gasteiger partial charge in [0.1, 0.15) is 11.9 Å². The van der Waals surface area contributed by atoms with Crippen LogP contribution in [0.25, 0.3) is 0 Å². The monoisotopic (exact) mass is 300 g/mol. The van der Waals surface area contributed by atoms with E-state index in [1.807, 2.05) is 31.2 Å². The maximum Gasteiger partial charge on any atom is 0.115 e. The normalized spacial score (nSPS) is 13.1. The number of phenolic OH excluding ortho intramolecular Hbond substituents is 1. The van der Waals surface area contributed by atoms with Crippen molar-refractivity contribution in [3.8, 4) is 5.75 Å². The number of aromatic hydroxyl groups is 1. The van der Waals surface area contributed by atoms with Crippen molar-refractivity contribution in [2.24, 2.45) is 0 Å². The molecule has 2 aromatic carbocycles. The van der Waals surface area contributed by atoms with Crippen molar-refractivity contribution < 1.29 is 14.9 Å². The molecule has 1 unspecified atom stereocenters. The highest BCUT2D eigenvalue weighted by Crippen LogP contribution is 2.33. The molecular formula is C19H24O3. The molecule has 118 valence electrons. The largest absolute Gasteiger partial charge is 0.508 e. The van der Waals surface area contributed by atoms with Crippen molar-refractivity contribution in [3.05, 3.63) is 65.2 Å². The Morgan fingerprint density at radius 3 is 1.91 bits per heavy atom. The summed E-state index contributed by atoms with van der Waals surface area (Å²) in [4.78, 5) is 0. The first-order chi connectivity index (χ1) is 10.5. The van der Waals surface area contributed by atoms with Gasteiger partial charge >= 0.3 is 0 Å². The highest BCUT2D eigenvalue weighted by atomic mass is 16.5. The molecule has 0 spiro atoms. The molecule has 0 bridgehead atoms. The Morgan fingerprint density at radius 1 is 0.955 bits per heavy atom. The lowest BCUT2D eigenvalue weighted by atomic mass is 9.78. The van der Waals surface area contributed by atoms with E-state index in [0.717, 1.165) is 11.1 Å². The molecule has 0 amide bonds. The van der Waals surface area contributed by atoms with Gasteiger partial charge in [-0.3, -0.25) is 0 Å². The molecular weight excluding hydrogens is 276 g/mol. The van der Waals surface area contributed by atoms with Gasteiger partial charge in [-0.25, -0.2) is 0 Å². The molecule has 0 aromatic heterocycles. The third-order valence-corrected chi connectivity index (χ3v) is 4.13. The average Bonchev–Trinajstić information content (AvgIpc) is 2.53. The molecule has 0 aliphatic rings.